The molecule has 0 amide bonds. The molecule has 0 saturated carbocycles. The van der Waals surface area contributed by atoms with Crippen LogP contribution in [-0.2, 0) is 4.74 Å². The average Bonchev–Trinajstić information content (AvgIpc) is 3.05. The van der Waals surface area contributed by atoms with E-state index in [0.29, 0.717) is 0 Å². The third-order valence-electron chi connectivity index (χ3n) is 3.77. The van der Waals surface area contributed by atoms with Gasteiger partial charge in [0.25, 0.3) is 0 Å². The molecule has 3 nitrogen and oxygen atoms in total. The zero-order valence-corrected chi connectivity index (χ0v) is 12.4. The van der Waals surface area contributed by atoms with Gasteiger partial charge in [-0.2, -0.15) is 0 Å². The molecule has 1 atom stereocenters. The Hall–Kier alpha value is -1.75. The summed E-state index contributed by atoms with van der Waals surface area (Å²) < 4.78 is 5.77. The van der Waals surface area contributed by atoms with Gasteiger partial charge < -0.3 is 10.1 Å². The maximum Gasteiger partial charge on any atom is 0.124 e. The lowest BCUT2D eigenvalue weighted by Crippen LogP contribution is -2.33. The molecule has 1 aliphatic rings. The summed E-state index contributed by atoms with van der Waals surface area (Å²) in [6.07, 6.45) is 0.0953. The normalized spacial score (nSPS) is 19.0. The Morgan fingerprint density at radius 1 is 1.14 bits per heavy atom. The third kappa shape index (κ3) is 2.58. The fourth-order valence-electron chi connectivity index (χ4n) is 2.64. The maximum absolute atomic E-state index is 5.77. The van der Waals surface area contributed by atoms with E-state index in [1.807, 2.05) is 0 Å². The van der Waals surface area contributed by atoms with Crippen molar-refractivity contribution in [1.82, 2.24) is 10.3 Å². The Balaban J connectivity index is 1.67. The molecule has 0 aliphatic carbocycles. The number of morpholine rings is 1. The van der Waals surface area contributed by atoms with Crippen molar-refractivity contribution in [1.29, 1.82) is 0 Å². The van der Waals surface area contributed by atoms with Crippen molar-refractivity contribution in [3.05, 3.63) is 52.9 Å². The molecule has 2 aromatic carbocycles. The summed E-state index contributed by atoms with van der Waals surface area (Å²) in [5, 5.41) is 9.04. The van der Waals surface area contributed by atoms with Gasteiger partial charge in [0.1, 0.15) is 11.1 Å². The van der Waals surface area contributed by atoms with Crippen LogP contribution in [0.15, 0.2) is 47.8 Å². The van der Waals surface area contributed by atoms with Crippen LogP contribution in [-0.4, -0.2) is 24.7 Å². The van der Waals surface area contributed by atoms with Gasteiger partial charge in [0.05, 0.1) is 12.3 Å². The predicted octanol–water partition coefficient (Wildman–Crippen LogP) is 3.62. The molecule has 106 valence electrons. The SMILES string of the molecule is c1ccc2cc(-c3csc(C4CNCCO4)n3)ccc2c1. The van der Waals surface area contributed by atoms with Gasteiger partial charge in [0, 0.05) is 24.0 Å². The molecule has 4 heteroatoms. The first kappa shape index (κ1) is 13.0. The van der Waals surface area contributed by atoms with Gasteiger partial charge in [-0.15, -0.1) is 11.3 Å². The maximum atomic E-state index is 5.77. The van der Waals surface area contributed by atoms with E-state index in [4.69, 9.17) is 9.72 Å². The molecule has 1 aromatic heterocycles. The van der Waals surface area contributed by atoms with Crippen molar-refractivity contribution in [2.75, 3.05) is 19.7 Å². The van der Waals surface area contributed by atoms with Crippen LogP contribution in [0, 0.1) is 0 Å². The Morgan fingerprint density at radius 2 is 2.05 bits per heavy atom. The van der Waals surface area contributed by atoms with Gasteiger partial charge in [0.15, 0.2) is 0 Å². The van der Waals surface area contributed by atoms with Crippen molar-refractivity contribution >= 4 is 22.1 Å². The van der Waals surface area contributed by atoms with E-state index in [0.717, 1.165) is 30.4 Å². The number of nitrogens with one attached hydrogen (secondary N) is 1. The summed E-state index contributed by atoms with van der Waals surface area (Å²) in [5.74, 6) is 0. The summed E-state index contributed by atoms with van der Waals surface area (Å²) in [6, 6.07) is 14.9. The molecule has 2 heterocycles. The lowest BCUT2D eigenvalue weighted by atomic mass is 10.1. The van der Waals surface area contributed by atoms with E-state index in [9.17, 15) is 0 Å². The first-order valence-electron chi connectivity index (χ1n) is 7.17. The minimum Gasteiger partial charge on any atom is -0.368 e. The number of benzene rings is 2. The van der Waals surface area contributed by atoms with Gasteiger partial charge in [-0.1, -0.05) is 36.4 Å². The van der Waals surface area contributed by atoms with Gasteiger partial charge in [0.2, 0.25) is 0 Å². The Morgan fingerprint density at radius 3 is 2.90 bits per heavy atom. The first-order chi connectivity index (χ1) is 10.4. The fourth-order valence-corrected chi connectivity index (χ4v) is 3.52. The van der Waals surface area contributed by atoms with E-state index in [1.54, 1.807) is 11.3 Å². The highest BCUT2D eigenvalue weighted by Gasteiger charge is 2.19. The van der Waals surface area contributed by atoms with Gasteiger partial charge in [-0.05, 0) is 16.8 Å². The van der Waals surface area contributed by atoms with Gasteiger partial charge in [-0.3, -0.25) is 0 Å². The van der Waals surface area contributed by atoms with Crippen LogP contribution in [0.25, 0.3) is 22.0 Å². The second-order valence-corrected chi connectivity index (χ2v) is 6.09. The van der Waals surface area contributed by atoms with Gasteiger partial charge in [-0.25, -0.2) is 4.98 Å². The number of ether oxygens (including phenoxy) is 1. The topological polar surface area (TPSA) is 34.1 Å². The molecule has 1 unspecified atom stereocenters. The van der Waals surface area contributed by atoms with E-state index in [-0.39, 0.29) is 6.10 Å². The van der Waals surface area contributed by atoms with Crippen LogP contribution < -0.4 is 5.32 Å². The van der Waals surface area contributed by atoms with Crippen LogP contribution in [0.3, 0.4) is 0 Å². The summed E-state index contributed by atoms with van der Waals surface area (Å²) >= 11 is 1.68. The Kier molecular flexibility index (Phi) is 3.43. The quantitative estimate of drug-likeness (QED) is 0.784. The lowest BCUT2D eigenvalue weighted by Gasteiger charge is -2.21. The summed E-state index contributed by atoms with van der Waals surface area (Å²) in [7, 11) is 0. The van der Waals surface area contributed by atoms with Crippen molar-refractivity contribution < 1.29 is 4.74 Å². The smallest absolute Gasteiger partial charge is 0.124 e. The molecule has 1 fully saturated rings. The second kappa shape index (κ2) is 5.56. The summed E-state index contributed by atoms with van der Waals surface area (Å²) in [4.78, 5) is 4.76. The van der Waals surface area contributed by atoms with Crippen molar-refractivity contribution in [3.63, 3.8) is 0 Å². The Bertz CT molecular complexity index is 762. The molecule has 1 aliphatic heterocycles. The fraction of sp³-hybridized carbons (Fsp3) is 0.235. The molecular formula is C17H16N2OS. The van der Waals surface area contributed by atoms with Crippen molar-refractivity contribution in [2.24, 2.45) is 0 Å². The van der Waals surface area contributed by atoms with Crippen LogP contribution in [0.5, 0.6) is 0 Å². The van der Waals surface area contributed by atoms with E-state index in [2.05, 4.69) is 53.2 Å². The van der Waals surface area contributed by atoms with E-state index < -0.39 is 0 Å². The van der Waals surface area contributed by atoms with E-state index in [1.165, 1.54) is 16.3 Å². The lowest BCUT2D eigenvalue weighted by molar-refractivity contribution is 0.0276. The van der Waals surface area contributed by atoms with Crippen LogP contribution in [0.2, 0.25) is 0 Å². The minimum atomic E-state index is 0.0953. The number of nitrogens with zero attached hydrogens (tertiary/aromatic N) is 1. The molecule has 1 saturated heterocycles. The highest BCUT2D eigenvalue weighted by atomic mass is 32.1. The number of hydrogen-bond acceptors (Lipinski definition) is 4. The highest BCUT2D eigenvalue weighted by molar-refractivity contribution is 7.10. The Labute approximate surface area is 127 Å². The number of hydrogen-bond donors (Lipinski definition) is 1. The zero-order valence-electron chi connectivity index (χ0n) is 11.6. The minimum absolute atomic E-state index is 0.0953. The third-order valence-corrected chi connectivity index (χ3v) is 4.71. The molecule has 0 bridgehead atoms. The van der Waals surface area contributed by atoms with Crippen LogP contribution >= 0.6 is 11.3 Å². The summed E-state index contributed by atoms with van der Waals surface area (Å²) in [6.45, 7) is 2.54. The highest BCUT2D eigenvalue weighted by Crippen LogP contribution is 2.29. The van der Waals surface area contributed by atoms with Crippen LogP contribution in [0.1, 0.15) is 11.1 Å². The van der Waals surface area contributed by atoms with Crippen LogP contribution in [0.4, 0.5) is 0 Å². The predicted molar refractivity (Wildman–Crippen MR) is 86.6 cm³/mol. The molecule has 1 N–H and O–H groups in total. The number of aromatic nitrogens is 1. The first-order valence-corrected chi connectivity index (χ1v) is 8.05. The molecule has 0 radical (unpaired) electrons. The number of rotatable bonds is 2. The molecule has 0 spiro atoms. The summed E-state index contributed by atoms with van der Waals surface area (Å²) in [5.41, 5.74) is 2.20. The van der Waals surface area contributed by atoms with Crippen molar-refractivity contribution in [2.45, 2.75) is 6.10 Å². The monoisotopic (exact) mass is 296 g/mol. The van der Waals surface area contributed by atoms with Gasteiger partial charge >= 0.3 is 0 Å². The zero-order chi connectivity index (χ0) is 14.1. The average molecular weight is 296 g/mol. The largest absolute Gasteiger partial charge is 0.368 e. The standard InChI is InChI=1S/C17H16N2OS/c1-2-4-13-9-14(6-5-12(13)3-1)15-11-21-17(19-15)16-10-18-7-8-20-16/h1-6,9,11,16,18H,7-8,10H2. The number of fused-ring (bicyclic) bond motifs is 1. The van der Waals surface area contributed by atoms with E-state index >= 15 is 0 Å². The van der Waals surface area contributed by atoms with Crippen molar-refractivity contribution in [3.8, 4) is 11.3 Å². The number of thiazole rings is 1. The molecule has 4 rings (SSSR count). The second-order valence-electron chi connectivity index (χ2n) is 5.20. The molecular weight excluding hydrogens is 280 g/mol. The molecule has 21 heavy (non-hydrogen) atoms. The molecule has 3 aromatic rings.